The third-order valence-corrected chi connectivity index (χ3v) is 5.89. The van der Waals surface area contributed by atoms with Gasteiger partial charge in [-0.15, -0.1) is 4.39 Å². The Morgan fingerprint density at radius 2 is 1.71 bits per heavy atom. The van der Waals surface area contributed by atoms with Crippen molar-refractivity contribution in [3.8, 4) is 5.75 Å². The lowest BCUT2D eigenvalue weighted by atomic mass is 9.99. The number of aliphatic hydroxyl groups is 1. The molecular formula is C28H41FN2O11. The Morgan fingerprint density at radius 3 is 2.31 bits per heavy atom. The first-order valence-electron chi connectivity index (χ1n) is 13.4. The minimum atomic E-state index is -1.99. The SMILES string of the molecule is CC(C)(CCOC(C)(C)NC(=O)OC(C)(C)C)NC(=O)c1cc(COC(=O)F)ccc1OC1CC(O)CC(C(=O)O)O1. The van der Waals surface area contributed by atoms with E-state index in [4.69, 9.17) is 18.9 Å². The summed E-state index contributed by atoms with van der Waals surface area (Å²) in [5, 5.41) is 24.9. The van der Waals surface area contributed by atoms with E-state index < -0.39 is 66.2 Å². The molecule has 0 aromatic heterocycles. The minimum Gasteiger partial charge on any atom is -0.479 e. The van der Waals surface area contributed by atoms with Gasteiger partial charge in [0.25, 0.3) is 5.91 Å². The van der Waals surface area contributed by atoms with Crippen molar-refractivity contribution >= 4 is 24.2 Å². The van der Waals surface area contributed by atoms with Gasteiger partial charge in [0.2, 0.25) is 6.29 Å². The summed E-state index contributed by atoms with van der Waals surface area (Å²) >= 11 is 0. The molecule has 1 aromatic rings. The van der Waals surface area contributed by atoms with Crippen LogP contribution in [-0.4, -0.2) is 76.4 Å². The van der Waals surface area contributed by atoms with E-state index in [1.54, 1.807) is 48.5 Å². The van der Waals surface area contributed by atoms with Gasteiger partial charge >= 0.3 is 18.3 Å². The number of hydrogen-bond acceptors (Lipinski definition) is 10. The van der Waals surface area contributed by atoms with E-state index in [0.29, 0.717) is 6.42 Å². The summed E-state index contributed by atoms with van der Waals surface area (Å²) < 4.78 is 39.3. The smallest absolute Gasteiger partial charge is 0.479 e. The second-order valence-electron chi connectivity index (χ2n) is 12.1. The predicted octanol–water partition coefficient (Wildman–Crippen LogP) is 3.80. The second kappa shape index (κ2) is 14.1. The lowest BCUT2D eigenvalue weighted by Gasteiger charge is -2.32. The quantitative estimate of drug-likeness (QED) is 0.203. The number of carboxylic acids is 1. The van der Waals surface area contributed by atoms with Crippen LogP contribution in [0.25, 0.3) is 0 Å². The summed E-state index contributed by atoms with van der Waals surface area (Å²) in [5.41, 5.74) is -2.34. The molecule has 1 heterocycles. The zero-order valence-corrected chi connectivity index (χ0v) is 24.9. The van der Waals surface area contributed by atoms with E-state index in [-0.39, 0.29) is 36.3 Å². The topological polar surface area (TPSA) is 179 Å². The average Bonchev–Trinajstić information content (AvgIpc) is 2.80. The van der Waals surface area contributed by atoms with E-state index >= 15 is 0 Å². The van der Waals surface area contributed by atoms with E-state index in [9.17, 15) is 33.8 Å². The van der Waals surface area contributed by atoms with Crippen LogP contribution >= 0.6 is 0 Å². The Balaban J connectivity index is 2.13. The molecule has 1 fully saturated rings. The predicted molar refractivity (Wildman–Crippen MR) is 145 cm³/mol. The molecule has 0 aliphatic carbocycles. The third-order valence-electron chi connectivity index (χ3n) is 5.89. The van der Waals surface area contributed by atoms with Gasteiger partial charge in [0.05, 0.1) is 18.3 Å². The maximum absolute atomic E-state index is 13.4. The minimum absolute atomic E-state index is 0.000748. The largest absolute Gasteiger partial charge is 0.495 e. The van der Waals surface area contributed by atoms with Gasteiger partial charge in [-0.05, 0) is 72.6 Å². The fourth-order valence-electron chi connectivity index (χ4n) is 3.91. The number of aliphatic carboxylic acids is 1. The summed E-state index contributed by atoms with van der Waals surface area (Å²) in [5.74, 6) is -1.88. The second-order valence-corrected chi connectivity index (χ2v) is 12.1. The van der Waals surface area contributed by atoms with Gasteiger partial charge in [-0.2, -0.15) is 0 Å². The summed E-state index contributed by atoms with van der Waals surface area (Å²) in [4.78, 5) is 47.6. The van der Waals surface area contributed by atoms with Crippen LogP contribution in [0, 0.1) is 0 Å². The standard InChI is InChI=1S/C28H41FN2O11/c1-26(2,3)42-25(37)31-28(6,7)39-11-10-27(4,5)30-22(33)18-12-16(15-38-24(29)36)8-9-19(18)40-21-14-17(32)13-20(41-21)23(34)35/h8-9,12,17,20-21,32H,10-11,13-15H2,1-7H3,(H,30,33)(H,31,37)(H,34,35). The summed E-state index contributed by atoms with van der Waals surface area (Å²) in [6.45, 7) is 11.7. The summed E-state index contributed by atoms with van der Waals surface area (Å²) in [7, 11) is 0. The number of carbonyl (C=O) groups excluding carboxylic acids is 3. The van der Waals surface area contributed by atoms with Crippen LogP contribution in [0.2, 0.25) is 0 Å². The molecule has 3 unspecified atom stereocenters. The normalized spacial score (nSPS) is 19.4. The van der Waals surface area contributed by atoms with Crippen molar-refractivity contribution in [2.45, 2.75) is 110 Å². The number of aliphatic hydroxyl groups excluding tert-OH is 1. The average molecular weight is 601 g/mol. The number of carbonyl (C=O) groups is 4. The first-order chi connectivity index (χ1) is 19.2. The molecule has 1 aliphatic heterocycles. The zero-order valence-electron chi connectivity index (χ0n) is 24.9. The van der Waals surface area contributed by atoms with Crippen LogP contribution in [0.4, 0.5) is 14.0 Å². The summed E-state index contributed by atoms with van der Waals surface area (Å²) in [6.07, 6.45) is -5.95. The van der Waals surface area contributed by atoms with Gasteiger partial charge in [-0.25, -0.2) is 14.4 Å². The molecule has 14 heteroatoms. The Hall–Kier alpha value is -3.49. The highest BCUT2D eigenvalue weighted by molar-refractivity contribution is 5.97. The molecule has 1 aromatic carbocycles. The molecule has 3 atom stereocenters. The molecular weight excluding hydrogens is 559 g/mol. The maximum atomic E-state index is 13.4. The lowest BCUT2D eigenvalue weighted by Crippen LogP contribution is -2.49. The van der Waals surface area contributed by atoms with Crippen LogP contribution < -0.4 is 15.4 Å². The molecule has 0 radical (unpaired) electrons. The van der Waals surface area contributed by atoms with Crippen molar-refractivity contribution in [3.63, 3.8) is 0 Å². The molecule has 1 aliphatic rings. The van der Waals surface area contributed by atoms with Gasteiger partial charge in [-0.1, -0.05) is 6.07 Å². The molecule has 4 N–H and O–H groups in total. The fourth-order valence-corrected chi connectivity index (χ4v) is 3.91. The highest BCUT2D eigenvalue weighted by Gasteiger charge is 2.35. The Kier molecular flexibility index (Phi) is 11.7. The number of carboxylic acid groups (broad SMARTS) is 1. The zero-order chi connectivity index (χ0) is 31.9. The number of halogens is 1. The van der Waals surface area contributed by atoms with E-state index in [1.165, 1.54) is 18.2 Å². The first kappa shape index (κ1) is 34.7. The van der Waals surface area contributed by atoms with Gasteiger partial charge < -0.3 is 39.2 Å². The van der Waals surface area contributed by atoms with Crippen molar-refractivity contribution in [2.75, 3.05) is 6.61 Å². The van der Waals surface area contributed by atoms with Crippen molar-refractivity contribution < 1.29 is 57.5 Å². The lowest BCUT2D eigenvalue weighted by molar-refractivity contribution is -0.195. The third kappa shape index (κ3) is 12.2. The van der Waals surface area contributed by atoms with Crippen molar-refractivity contribution in [1.29, 1.82) is 0 Å². The molecule has 0 bridgehead atoms. The molecule has 236 valence electrons. The van der Waals surface area contributed by atoms with E-state index in [2.05, 4.69) is 15.4 Å². The number of amides is 2. The fraction of sp³-hybridized carbons (Fsp3) is 0.643. The Morgan fingerprint density at radius 1 is 1.05 bits per heavy atom. The van der Waals surface area contributed by atoms with Crippen molar-refractivity contribution in [1.82, 2.24) is 10.6 Å². The summed E-state index contributed by atoms with van der Waals surface area (Å²) in [6, 6.07) is 4.14. The molecule has 2 amide bonds. The van der Waals surface area contributed by atoms with Gasteiger partial charge in [0.1, 0.15) is 23.7 Å². The highest BCUT2D eigenvalue weighted by atomic mass is 19.1. The molecule has 0 saturated carbocycles. The molecule has 2 rings (SSSR count). The van der Waals surface area contributed by atoms with E-state index in [0.717, 1.165) is 0 Å². The monoisotopic (exact) mass is 600 g/mol. The molecule has 13 nitrogen and oxygen atoms in total. The van der Waals surface area contributed by atoms with Gasteiger partial charge in [0.15, 0.2) is 6.10 Å². The number of hydrogen-bond donors (Lipinski definition) is 4. The van der Waals surface area contributed by atoms with Crippen molar-refractivity contribution in [3.05, 3.63) is 29.3 Å². The molecule has 1 saturated heterocycles. The number of rotatable bonds is 12. The van der Waals surface area contributed by atoms with Crippen LogP contribution in [-0.2, 0) is 30.3 Å². The number of alkyl carbamates (subject to hydrolysis) is 1. The van der Waals surface area contributed by atoms with Gasteiger partial charge in [0, 0.05) is 18.4 Å². The van der Waals surface area contributed by atoms with Crippen LogP contribution in [0.3, 0.4) is 0 Å². The Labute approximate surface area is 244 Å². The highest BCUT2D eigenvalue weighted by Crippen LogP contribution is 2.28. The maximum Gasteiger partial charge on any atom is 0.495 e. The van der Waals surface area contributed by atoms with E-state index in [1.807, 2.05) is 0 Å². The number of benzene rings is 1. The molecule has 42 heavy (non-hydrogen) atoms. The van der Waals surface area contributed by atoms with Crippen LogP contribution in [0.15, 0.2) is 18.2 Å². The first-order valence-corrected chi connectivity index (χ1v) is 13.4. The van der Waals surface area contributed by atoms with Crippen molar-refractivity contribution in [2.24, 2.45) is 0 Å². The van der Waals surface area contributed by atoms with Crippen LogP contribution in [0.1, 0.15) is 83.7 Å². The number of nitrogens with one attached hydrogen (secondary N) is 2. The Bertz CT molecular complexity index is 1130. The van der Waals surface area contributed by atoms with Crippen LogP contribution in [0.5, 0.6) is 5.75 Å². The molecule has 0 spiro atoms. The van der Waals surface area contributed by atoms with Gasteiger partial charge in [-0.3, -0.25) is 10.1 Å². The number of ether oxygens (including phenoxy) is 5.